The molecule has 1 heterocycles. The van der Waals surface area contributed by atoms with Crippen LogP contribution in [0.3, 0.4) is 0 Å². The number of benzene rings is 1. The van der Waals surface area contributed by atoms with E-state index in [2.05, 4.69) is 17.1 Å². The van der Waals surface area contributed by atoms with Gasteiger partial charge < -0.3 is 4.74 Å². The molecule has 0 amide bonds. The van der Waals surface area contributed by atoms with Gasteiger partial charge in [0.1, 0.15) is 0 Å². The van der Waals surface area contributed by atoms with Gasteiger partial charge in [0.15, 0.2) is 0 Å². The van der Waals surface area contributed by atoms with Crippen LogP contribution < -0.4 is 0 Å². The zero-order valence-corrected chi connectivity index (χ0v) is 10.9. The summed E-state index contributed by atoms with van der Waals surface area (Å²) < 4.78 is 5.00. The zero-order chi connectivity index (χ0) is 12.5. The number of carbonyl (C=O) groups excluding carboxylic acids is 1. The van der Waals surface area contributed by atoms with Crippen molar-refractivity contribution in [1.29, 1.82) is 0 Å². The van der Waals surface area contributed by atoms with Crippen molar-refractivity contribution < 1.29 is 9.53 Å². The van der Waals surface area contributed by atoms with E-state index in [1.807, 2.05) is 12.1 Å². The van der Waals surface area contributed by atoms with Crippen LogP contribution in [-0.2, 0) is 17.6 Å². The number of fused-ring (bicyclic) bond motifs is 3. The summed E-state index contributed by atoms with van der Waals surface area (Å²) in [6, 6.07) is 8.25. The van der Waals surface area contributed by atoms with Crippen LogP contribution in [0.15, 0.2) is 24.3 Å². The molecule has 0 saturated carbocycles. The molecule has 0 N–H and O–H groups in total. The Labute approximate surface area is 109 Å². The molecule has 0 bridgehead atoms. The van der Waals surface area contributed by atoms with E-state index in [1.54, 1.807) is 6.92 Å². The van der Waals surface area contributed by atoms with Crippen LogP contribution in [0.2, 0.25) is 0 Å². The van der Waals surface area contributed by atoms with Crippen molar-refractivity contribution in [2.75, 3.05) is 6.61 Å². The fourth-order valence-electron chi connectivity index (χ4n) is 2.23. The molecule has 1 aromatic heterocycles. The highest BCUT2D eigenvalue weighted by molar-refractivity contribution is 7.14. The summed E-state index contributed by atoms with van der Waals surface area (Å²) in [4.78, 5) is 17.3. The van der Waals surface area contributed by atoms with Crippen molar-refractivity contribution >= 4 is 17.3 Å². The normalized spacial score (nSPS) is 12.7. The summed E-state index contributed by atoms with van der Waals surface area (Å²) in [7, 11) is 0. The first-order valence-corrected chi connectivity index (χ1v) is 6.86. The predicted molar refractivity (Wildman–Crippen MR) is 70.9 cm³/mol. The number of hydrogen-bond donors (Lipinski definition) is 0. The van der Waals surface area contributed by atoms with Gasteiger partial charge in [-0.1, -0.05) is 24.3 Å². The number of aromatic nitrogens is 1. The van der Waals surface area contributed by atoms with Crippen molar-refractivity contribution in [2.24, 2.45) is 0 Å². The third-order valence-electron chi connectivity index (χ3n) is 3.04. The number of hydrogen-bond acceptors (Lipinski definition) is 4. The molecule has 1 aliphatic carbocycles. The average Bonchev–Trinajstić information content (AvgIpc) is 2.83. The Balaban J connectivity index is 2.04. The second-order valence-electron chi connectivity index (χ2n) is 4.17. The molecule has 3 rings (SSSR count). The first-order chi connectivity index (χ1) is 8.79. The first-order valence-electron chi connectivity index (χ1n) is 6.04. The summed E-state index contributed by atoms with van der Waals surface area (Å²) in [5.41, 5.74) is 3.43. The molecule has 3 nitrogen and oxygen atoms in total. The van der Waals surface area contributed by atoms with E-state index < -0.39 is 0 Å². The van der Waals surface area contributed by atoms with Crippen LogP contribution in [0.5, 0.6) is 0 Å². The SMILES string of the molecule is CCOC(=O)c1nc2c(s1)CCc1ccccc1-2. The van der Waals surface area contributed by atoms with Crippen molar-refractivity contribution in [1.82, 2.24) is 4.98 Å². The van der Waals surface area contributed by atoms with Gasteiger partial charge in [-0.25, -0.2) is 9.78 Å². The van der Waals surface area contributed by atoms with Crippen LogP contribution in [0.25, 0.3) is 11.3 Å². The number of nitrogens with zero attached hydrogens (tertiary/aromatic N) is 1. The monoisotopic (exact) mass is 259 g/mol. The van der Waals surface area contributed by atoms with E-state index in [9.17, 15) is 4.79 Å². The second kappa shape index (κ2) is 4.53. The van der Waals surface area contributed by atoms with E-state index in [-0.39, 0.29) is 5.97 Å². The number of aryl methyl sites for hydroxylation is 2. The lowest BCUT2D eigenvalue weighted by Gasteiger charge is -2.13. The quantitative estimate of drug-likeness (QED) is 0.778. The third-order valence-corrected chi connectivity index (χ3v) is 4.14. The van der Waals surface area contributed by atoms with Crippen molar-refractivity contribution in [2.45, 2.75) is 19.8 Å². The van der Waals surface area contributed by atoms with Gasteiger partial charge in [0.25, 0.3) is 0 Å². The molecule has 0 aliphatic heterocycles. The summed E-state index contributed by atoms with van der Waals surface area (Å²) in [6.07, 6.45) is 1.98. The largest absolute Gasteiger partial charge is 0.461 e. The van der Waals surface area contributed by atoms with Gasteiger partial charge in [-0.3, -0.25) is 0 Å². The van der Waals surface area contributed by atoms with Crippen LogP contribution in [0, 0.1) is 0 Å². The van der Waals surface area contributed by atoms with E-state index in [0.29, 0.717) is 11.6 Å². The van der Waals surface area contributed by atoms with E-state index in [0.717, 1.165) is 24.1 Å². The lowest BCUT2D eigenvalue weighted by atomic mass is 9.94. The number of rotatable bonds is 2. The standard InChI is InChI=1S/C14H13NO2S/c1-2-17-14(16)13-15-12-10-6-4-3-5-9(10)7-8-11(12)18-13/h3-6H,2,7-8H2,1H3. The van der Waals surface area contributed by atoms with E-state index in [4.69, 9.17) is 4.74 Å². The summed E-state index contributed by atoms with van der Waals surface area (Å²) in [5.74, 6) is -0.311. The van der Waals surface area contributed by atoms with Crippen LogP contribution in [-0.4, -0.2) is 17.6 Å². The van der Waals surface area contributed by atoms with Crippen molar-refractivity contribution in [3.63, 3.8) is 0 Å². The highest BCUT2D eigenvalue weighted by Crippen LogP contribution is 2.36. The fourth-order valence-corrected chi connectivity index (χ4v) is 3.20. The number of carbonyl (C=O) groups is 1. The van der Waals surface area contributed by atoms with Gasteiger partial charge in [0, 0.05) is 10.4 Å². The molecule has 4 heteroatoms. The Bertz CT molecular complexity index is 604. The van der Waals surface area contributed by atoms with Gasteiger partial charge in [0.2, 0.25) is 5.01 Å². The Kier molecular flexibility index (Phi) is 2.88. The minimum Gasteiger partial charge on any atom is -0.461 e. The number of thiazole rings is 1. The van der Waals surface area contributed by atoms with E-state index >= 15 is 0 Å². The summed E-state index contributed by atoms with van der Waals surface area (Å²) in [6.45, 7) is 2.19. The molecule has 0 radical (unpaired) electrons. The van der Waals surface area contributed by atoms with Crippen LogP contribution in [0.4, 0.5) is 0 Å². The first kappa shape index (κ1) is 11.4. The maximum atomic E-state index is 11.7. The Morgan fingerprint density at radius 2 is 2.22 bits per heavy atom. The fraction of sp³-hybridized carbons (Fsp3) is 0.286. The third kappa shape index (κ3) is 1.82. The maximum absolute atomic E-state index is 11.7. The zero-order valence-electron chi connectivity index (χ0n) is 10.1. The Hall–Kier alpha value is -1.68. The number of ether oxygens (including phenoxy) is 1. The van der Waals surface area contributed by atoms with Crippen molar-refractivity contribution in [3.8, 4) is 11.3 Å². The molecule has 0 unspecified atom stereocenters. The topological polar surface area (TPSA) is 39.2 Å². The Morgan fingerprint density at radius 1 is 1.39 bits per heavy atom. The predicted octanol–water partition coefficient (Wildman–Crippen LogP) is 3.09. The second-order valence-corrected chi connectivity index (χ2v) is 5.25. The van der Waals surface area contributed by atoms with Crippen molar-refractivity contribution in [3.05, 3.63) is 39.7 Å². The maximum Gasteiger partial charge on any atom is 0.367 e. The molecule has 18 heavy (non-hydrogen) atoms. The van der Waals surface area contributed by atoms with Gasteiger partial charge in [-0.15, -0.1) is 11.3 Å². The average molecular weight is 259 g/mol. The highest BCUT2D eigenvalue weighted by atomic mass is 32.1. The molecule has 1 aromatic carbocycles. The molecule has 2 aromatic rings. The molecular formula is C14H13NO2S. The van der Waals surface area contributed by atoms with Gasteiger partial charge >= 0.3 is 5.97 Å². The molecular weight excluding hydrogens is 246 g/mol. The Morgan fingerprint density at radius 3 is 3.06 bits per heavy atom. The smallest absolute Gasteiger partial charge is 0.367 e. The number of esters is 1. The van der Waals surface area contributed by atoms with Gasteiger partial charge in [-0.2, -0.15) is 0 Å². The molecule has 0 spiro atoms. The van der Waals surface area contributed by atoms with Gasteiger partial charge in [0.05, 0.1) is 12.3 Å². The minimum atomic E-state index is -0.311. The molecule has 92 valence electrons. The summed E-state index contributed by atoms with van der Waals surface area (Å²) in [5, 5.41) is 0.471. The van der Waals surface area contributed by atoms with Crippen LogP contribution in [0.1, 0.15) is 27.2 Å². The molecule has 0 fully saturated rings. The molecule has 0 saturated heterocycles. The minimum absolute atomic E-state index is 0.311. The lowest BCUT2D eigenvalue weighted by molar-refractivity contribution is 0.0526. The van der Waals surface area contributed by atoms with E-state index in [1.165, 1.54) is 21.8 Å². The van der Waals surface area contributed by atoms with Gasteiger partial charge in [-0.05, 0) is 25.3 Å². The lowest BCUT2D eigenvalue weighted by Crippen LogP contribution is -2.04. The summed E-state index contributed by atoms with van der Waals surface area (Å²) >= 11 is 1.46. The van der Waals surface area contributed by atoms with Crippen LogP contribution >= 0.6 is 11.3 Å². The molecule has 1 aliphatic rings. The molecule has 0 atom stereocenters. The highest BCUT2D eigenvalue weighted by Gasteiger charge is 2.23.